The number of aryl methyl sites for hydroxylation is 10. The highest BCUT2D eigenvalue weighted by atomic mass is 15.3. The van der Waals surface area contributed by atoms with Crippen molar-refractivity contribution >= 4 is 33.4 Å². The molecule has 0 spiro atoms. The first-order valence-electron chi connectivity index (χ1n) is 16.1. The van der Waals surface area contributed by atoms with Crippen LogP contribution in [0.2, 0.25) is 0 Å². The Hall–Kier alpha value is -5.78. The van der Waals surface area contributed by atoms with Gasteiger partial charge in [-0.25, -0.2) is 34.0 Å². The number of fused-ring (bicyclic) bond motifs is 4. The van der Waals surface area contributed by atoms with E-state index in [1.807, 2.05) is 79.6 Å². The zero-order valence-corrected chi connectivity index (χ0v) is 27.8. The maximum Gasteiger partial charge on any atom is 0.177 e. The SMILES string of the molecule is Cc1ccc2ncc(CCc3nc4c(C)nc(-c5ccc6nc(CCc7nc8c(C)ncc(C)n8n7)cnc6c5)c(C)n4n3)nc2c1C. The van der Waals surface area contributed by atoms with E-state index in [1.54, 1.807) is 0 Å². The molecule has 6 aromatic heterocycles. The molecule has 0 unspecified atom stereocenters. The summed E-state index contributed by atoms with van der Waals surface area (Å²) in [5, 5.41) is 9.55. The third-order valence-corrected chi connectivity index (χ3v) is 9.03. The Bertz CT molecular complexity index is 2510. The number of aromatic nitrogens is 12. The van der Waals surface area contributed by atoms with Crippen molar-refractivity contribution in [3.63, 3.8) is 0 Å². The molecule has 0 aliphatic heterocycles. The van der Waals surface area contributed by atoms with Gasteiger partial charge in [0.15, 0.2) is 22.9 Å². The topological polar surface area (TPSA) is 138 Å². The zero-order chi connectivity index (χ0) is 33.1. The van der Waals surface area contributed by atoms with E-state index < -0.39 is 0 Å². The molecule has 0 N–H and O–H groups in total. The van der Waals surface area contributed by atoms with Crippen molar-refractivity contribution in [2.75, 3.05) is 0 Å². The minimum Gasteiger partial charge on any atom is -0.256 e. The van der Waals surface area contributed by atoms with E-state index >= 15 is 0 Å². The summed E-state index contributed by atoms with van der Waals surface area (Å²) in [6, 6.07) is 10.2. The Labute approximate surface area is 276 Å². The average molecular weight is 635 g/mol. The molecule has 12 heteroatoms. The van der Waals surface area contributed by atoms with Crippen LogP contribution in [0.5, 0.6) is 0 Å². The van der Waals surface area contributed by atoms with Gasteiger partial charge in [0.1, 0.15) is 0 Å². The molecule has 0 radical (unpaired) electrons. The van der Waals surface area contributed by atoms with Gasteiger partial charge in [0.2, 0.25) is 0 Å². The predicted molar refractivity (Wildman–Crippen MR) is 183 cm³/mol. The molecule has 8 aromatic rings. The second-order valence-electron chi connectivity index (χ2n) is 12.4. The van der Waals surface area contributed by atoms with Crippen molar-refractivity contribution in [3.05, 3.63) is 106 Å². The van der Waals surface area contributed by atoms with Gasteiger partial charge in [0.25, 0.3) is 0 Å². The Balaban J connectivity index is 1.02. The summed E-state index contributed by atoms with van der Waals surface area (Å²) >= 11 is 0. The maximum absolute atomic E-state index is 4.96. The Morgan fingerprint density at radius 3 is 1.98 bits per heavy atom. The molecule has 0 bridgehead atoms. The normalized spacial score (nSPS) is 11.9. The smallest absolute Gasteiger partial charge is 0.177 e. The second kappa shape index (κ2) is 11.5. The molecule has 2 aromatic carbocycles. The van der Waals surface area contributed by atoms with E-state index in [1.165, 1.54) is 5.56 Å². The van der Waals surface area contributed by atoms with Gasteiger partial charge < -0.3 is 0 Å². The van der Waals surface area contributed by atoms with E-state index in [-0.39, 0.29) is 0 Å². The Kier molecular flexibility index (Phi) is 7.08. The van der Waals surface area contributed by atoms with Crippen molar-refractivity contribution in [3.8, 4) is 11.3 Å². The highest BCUT2D eigenvalue weighted by Gasteiger charge is 2.17. The first kappa shape index (κ1) is 29.6. The molecule has 6 heterocycles. The average Bonchev–Trinajstić information content (AvgIpc) is 3.74. The zero-order valence-electron chi connectivity index (χ0n) is 27.8. The summed E-state index contributed by atoms with van der Waals surface area (Å²) in [7, 11) is 0. The fraction of sp³-hybridized carbons (Fsp3) is 0.278. The van der Waals surface area contributed by atoms with Crippen LogP contribution in [-0.2, 0) is 25.7 Å². The first-order chi connectivity index (χ1) is 23.2. The summed E-state index contributed by atoms with van der Waals surface area (Å²) in [5.41, 5.74) is 14.6. The maximum atomic E-state index is 4.96. The van der Waals surface area contributed by atoms with Gasteiger partial charge in [-0.1, -0.05) is 12.1 Å². The van der Waals surface area contributed by atoms with Gasteiger partial charge in [-0.3, -0.25) is 15.0 Å². The van der Waals surface area contributed by atoms with Crippen LogP contribution in [0, 0.1) is 41.5 Å². The molecular formula is C36H34N12. The van der Waals surface area contributed by atoms with E-state index in [0.717, 1.165) is 96.0 Å². The standard InChI is InChI=1S/C36H34N12/c1-19-7-11-29-33(21(19)3)42-27(18-38-29)10-14-32-44-36-23(5)40-34(24(6)48(36)46-32)25-8-12-28-30(15-25)39-17-26(41-28)9-13-31-43-35-22(4)37-16-20(2)47(35)45-31/h7-8,11-12,15-18H,9-10,13-14H2,1-6H3. The highest BCUT2D eigenvalue weighted by molar-refractivity contribution is 5.81. The molecule has 12 nitrogen and oxygen atoms in total. The van der Waals surface area contributed by atoms with Crippen LogP contribution in [0.1, 0.15) is 56.9 Å². The number of nitrogens with zero attached hydrogens (tertiary/aromatic N) is 12. The molecule has 0 atom stereocenters. The lowest BCUT2D eigenvalue weighted by Gasteiger charge is -2.10. The fourth-order valence-electron chi connectivity index (χ4n) is 6.11. The van der Waals surface area contributed by atoms with E-state index in [4.69, 9.17) is 35.0 Å². The van der Waals surface area contributed by atoms with Gasteiger partial charge in [-0.05, 0) is 83.7 Å². The van der Waals surface area contributed by atoms with Crippen LogP contribution in [-0.4, -0.2) is 59.1 Å². The molecule has 0 saturated carbocycles. The summed E-state index contributed by atoms with van der Waals surface area (Å²) in [4.78, 5) is 38.1. The molecule has 238 valence electrons. The molecule has 8 rings (SSSR count). The minimum absolute atomic E-state index is 0.651. The summed E-state index contributed by atoms with van der Waals surface area (Å²) in [6.07, 6.45) is 8.20. The summed E-state index contributed by atoms with van der Waals surface area (Å²) in [5.74, 6) is 1.52. The molecule has 0 fully saturated rings. The van der Waals surface area contributed by atoms with Crippen molar-refractivity contribution in [1.29, 1.82) is 0 Å². The number of hydrogen-bond acceptors (Lipinski definition) is 10. The van der Waals surface area contributed by atoms with Gasteiger partial charge in [0.05, 0.1) is 61.9 Å². The number of hydrogen-bond donors (Lipinski definition) is 0. The van der Waals surface area contributed by atoms with Gasteiger partial charge in [-0.15, -0.1) is 0 Å². The molecule has 0 saturated heterocycles. The monoisotopic (exact) mass is 634 g/mol. The second-order valence-corrected chi connectivity index (χ2v) is 12.4. The van der Waals surface area contributed by atoms with Crippen molar-refractivity contribution in [2.45, 2.75) is 67.2 Å². The highest BCUT2D eigenvalue weighted by Crippen LogP contribution is 2.26. The Morgan fingerprint density at radius 1 is 0.562 bits per heavy atom. The first-order valence-corrected chi connectivity index (χ1v) is 16.1. The van der Waals surface area contributed by atoms with Crippen molar-refractivity contribution in [1.82, 2.24) is 59.1 Å². The quantitative estimate of drug-likeness (QED) is 0.220. The minimum atomic E-state index is 0.651. The van der Waals surface area contributed by atoms with E-state index in [2.05, 4.69) is 35.0 Å². The summed E-state index contributed by atoms with van der Waals surface area (Å²) in [6.45, 7) is 12.1. The van der Waals surface area contributed by atoms with Gasteiger partial charge in [0, 0.05) is 37.0 Å². The van der Waals surface area contributed by atoms with Crippen molar-refractivity contribution in [2.24, 2.45) is 0 Å². The van der Waals surface area contributed by atoms with Crippen molar-refractivity contribution < 1.29 is 0 Å². The fourth-order valence-corrected chi connectivity index (χ4v) is 6.11. The molecule has 0 aliphatic rings. The number of rotatable bonds is 7. The van der Waals surface area contributed by atoms with Crippen LogP contribution in [0.4, 0.5) is 0 Å². The van der Waals surface area contributed by atoms with Crippen LogP contribution in [0.3, 0.4) is 0 Å². The van der Waals surface area contributed by atoms with Crippen LogP contribution in [0.15, 0.2) is 48.9 Å². The van der Waals surface area contributed by atoms with E-state index in [0.29, 0.717) is 25.7 Å². The lowest BCUT2D eigenvalue weighted by molar-refractivity contribution is 0.805. The molecule has 48 heavy (non-hydrogen) atoms. The Morgan fingerprint density at radius 2 is 1.23 bits per heavy atom. The van der Waals surface area contributed by atoms with Gasteiger partial charge in [-0.2, -0.15) is 10.2 Å². The molecule has 0 aliphatic carbocycles. The molecular weight excluding hydrogens is 600 g/mol. The van der Waals surface area contributed by atoms with Crippen LogP contribution < -0.4 is 0 Å². The number of benzene rings is 2. The lowest BCUT2D eigenvalue weighted by atomic mass is 10.1. The largest absolute Gasteiger partial charge is 0.256 e. The van der Waals surface area contributed by atoms with Gasteiger partial charge >= 0.3 is 0 Å². The third kappa shape index (κ3) is 5.19. The molecule has 0 amide bonds. The predicted octanol–water partition coefficient (Wildman–Crippen LogP) is 5.54. The van der Waals surface area contributed by atoms with Crippen LogP contribution >= 0.6 is 0 Å². The lowest BCUT2D eigenvalue weighted by Crippen LogP contribution is -2.03. The third-order valence-electron chi connectivity index (χ3n) is 9.03. The summed E-state index contributed by atoms with van der Waals surface area (Å²) < 4.78 is 3.75. The van der Waals surface area contributed by atoms with E-state index in [9.17, 15) is 0 Å². The van der Waals surface area contributed by atoms with Crippen LogP contribution in [0.25, 0.3) is 44.6 Å².